The number of hydrogen-bond acceptors (Lipinski definition) is 3. The third-order valence-corrected chi connectivity index (χ3v) is 1.67. The van der Waals surface area contributed by atoms with Crippen molar-refractivity contribution in [1.82, 2.24) is 0 Å². The Morgan fingerprint density at radius 1 is 1.27 bits per heavy atom. The van der Waals surface area contributed by atoms with Crippen molar-refractivity contribution in [1.29, 1.82) is 5.26 Å². The molecule has 1 aliphatic heterocycles. The predicted molar refractivity (Wildman–Crippen MR) is 41.9 cm³/mol. The van der Waals surface area contributed by atoms with Gasteiger partial charge in [0.25, 0.3) is 0 Å². The van der Waals surface area contributed by atoms with Gasteiger partial charge in [0.15, 0.2) is 0 Å². The Morgan fingerprint density at radius 2 is 2.00 bits per heavy atom. The lowest BCUT2D eigenvalue weighted by atomic mass is 9.82. The standard InChI is InChI=1S/C7H12BNO2/c9-5-3-1-2-4-8-10-6-7-11-8/h1-4,6-7H2. The fourth-order valence-electron chi connectivity index (χ4n) is 1.09. The van der Waals surface area contributed by atoms with Gasteiger partial charge in [0.2, 0.25) is 0 Å². The summed E-state index contributed by atoms with van der Waals surface area (Å²) in [5, 5.41) is 8.25. The summed E-state index contributed by atoms with van der Waals surface area (Å²) in [6.45, 7) is 1.45. The monoisotopic (exact) mass is 153 g/mol. The number of nitriles is 1. The molecule has 0 spiro atoms. The van der Waals surface area contributed by atoms with Crippen molar-refractivity contribution >= 4 is 7.12 Å². The third kappa shape index (κ3) is 3.40. The van der Waals surface area contributed by atoms with Crippen LogP contribution in [0.3, 0.4) is 0 Å². The van der Waals surface area contributed by atoms with E-state index in [9.17, 15) is 0 Å². The van der Waals surface area contributed by atoms with E-state index in [2.05, 4.69) is 6.07 Å². The first-order valence-electron chi connectivity index (χ1n) is 4.03. The average Bonchev–Trinajstić information content (AvgIpc) is 2.50. The number of nitrogens with zero attached hydrogens (tertiary/aromatic N) is 1. The van der Waals surface area contributed by atoms with Crippen LogP contribution in [0.1, 0.15) is 19.3 Å². The summed E-state index contributed by atoms with van der Waals surface area (Å²) < 4.78 is 10.5. The van der Waals surface area contributed by atoms with E-state index in [1.165, 1.54) is 0 Å². The van der Waals surface area contributed by atoms with E-state index in [-0.39, 0.29) is 7.12 Å². The van der Waals surface area contributed by atoms with Crippen molar-refractivity contribution in [3.8, 4) is 6.07 Å². The molecule has 11 heavy (non-hydrogen) atoms. The quantitative estimate of drug-likeness (QED) is 0.450. The molecule has 0 aromatic rings. The Bertz CT molecular complexity index is 140. The van der Waals surface area contributed by atoms with Crippen LogP contribution in [0.4, 0.5) is 0 Å². The molecule has 0 atom stereocenters. The van der Waals surface area contributed by atoms with Gasteiger partial charge in [-0.15, -0.1) is 0 Å². The summed E-state index contributed by atoms with van der Waals surface area (Å²) in [4.78, 5) is 0. The van der Waals surface area contributed by atoms with Crippen LogP contribution in [-0.4, -0.2) is 20.3 Å². The lowest BCUT2D eigenvalue weighted by molar-refractivity contribution is 0.365. The van der Waals surface area contributed by atoms with Crippen molar-refractivity contribution in [3.63, 3.8) is 0 Å². The fraction of sp³-hybridized carbons (Fsp3) is 0.857. The van der Waals surface area contributed by atoms with Crippen molar-refractivity contribution in [2.45, 2.75) is 25.6 Å². The summed E-state index contributed by atoms with van der Waals surface area (Å²) >= 11 is 0. The van der Waals surface area contributed by atoms with E-state index >= 15 is 0 Å². The highest BCUT2D eigenvalue weighted by atomic mass is 16.6. The smallest absolute Gasteiger partial charge is 0.409 e. The van der Waals surface area contributed by atoms with Crippen molar-refractivity contribution in [3.05, 3.63) is 0 Å². The Labute approximate surface area is 67.4 Å². The van der Waals surface area contributed by atoms with Crippen molar-refractivity contribution in [2.75, 3.05) is 13.2 Å². The highest BCUT2D eigenvalue weighted by Crippen LogP contribution is 2.09. The summed E-state index contributed by atoms with van der Waals surface area (Å²) in [6.07, 6.45) is 3.56. The first-order chi connectivity index (χ1) is 5.43. The second-order valence-corrected chi connectivity index (χ2v) is 2.58. The topological polar surface area (TPSA) is 42.2 Å². The maximum Gasteiger partial charge on any atom is 0.457 e. The molecule has 0 N–H and O–H groups in total. The van der Waals surface area contributed by atoms with Gasteiger partial charge in [-0.05, 0) is 12.7 Å². The molecule has 0 radical (unpaired) electrons. The van der Waals surface area contributed by atoms with Crippen molar-refractivity contribution < 1.29 is 9.31 Å². The number of hydrogen-bond donors (Lipinski definition) is 0. The fourth-order valence-corrected chi connectivity index (χ4v) is 1.09. The van der Waals surface area contributed by atoms with E-state index in [1.807, 2.05) is 0 Å². The van der Waals surface area contributed by atoms with Gasteiger partial charge >= 0.3 is 7.12 Å². The Kier molecular flexibility index (Phi) is 4.03. The SMILES string of the molecule is N#CCCCCB1OCCO1. The van der Waals surface area contributed by atoms with Gasteiger partial charge in [-0.2, -0.15) is 5.26 Å². The first-order valence-corrected chi connectivity index (χ1v) is 4.03. The maximum atomic E-state index is 8.25. The normalized spacial score (nSPS) is 16.8. The molecular formula is C7H12BNO2. The molecule has 0 aromatic heterocycles. The summed E-state index contributed by atoms with van der Waals surface area (Å²) in [6, 6.07) is 2.11. The van der Waals surface area contributed by atoms with Gasteiger partial charge in [0.05, 0.1) is 19.3 Å². The van der Waals surface area contributed by atoms with Gasteiger partial charge in [-0.1, -0.05) is 6.42 Å². The molecule has 0 aliphatic carbocycles. The molecule has 0 bridgehead atoms. The summed E-state index contributed by atoms with van der Waals surface area (Å²) in [7, 11) is 0.00805. The molecule has 1 fully saturated rings. The molecule has 1 rings (SSSR count). The zero-order chi connectivity index (χ0) is 7.94. The highest BCUT2D eigenvalue weighted by molar-refractivity contribution is 6.44. The second-order valence-electron chi connectivity index (χ2n) is 2.58. The van der Waals surface area contributed by atoms with Crippen LogP contribution < -0.4 is 0 Å². The molecule has 1 aliphatic rings. The van der Waals surface area contributed by atoms with Crippen LogP contribution in [0.15, 0.2) is 0 Å². The molecule has 0 saturated carbocycles. The van der Waals surface area contributed by atoms with Gasteiger partial charge in [0, 0.05) is 6.42 Å². The maximum absolute atomic E-state index is 8.25. The number of unbranched alkanes of at least 4 members (excludes halogenated alkanes) is 2. The summed E-state index contributed by atoms with van der Waals surface area (Å²) in [5.74, 6) is 0. The Hall–Kier alpha value is -0.525. The molecule has 3 nitrogen and oxygen atoms in total. The average molecular weight is 153 g/mol. The predicted octanol–water partition coefficient (Wildman–Crippen LogP) is 1.22. The summed E-state index contributed by atoms with van der Waals surface area (Å²) in [5.41, 5.74) is 0. The van der Waals surface area contributed by atoms with E-state index < -0.39 is 0 Å². The Morgan fingerprint density at radius 3 is 2.64 bits per heavy atom. The van der Waals surface area contributed by atoms with E-state index in [0.29, 0.717) is 6.42 Å². The molecule has 4 heteroatoms. The van der Waals surface area contributed by atoms with Crippen LogP contribution in [0.5, 0.6) is 0 Å². The second kappa shape index (κ2) is 5.17. The third-order valence-electron chi connectivity index (χ3n) is 1.67. The first kappa shape index (κ1) is 8.57. The minimum Gasteiger partial charge on any atom is -0.409 e. The highest BCUT2D eigenvalue weighted by Gasteiger charge is 2.22. The van der Waals surface area contributed by atoms with Crippen LogP contribution in [0, 0.1) is 11.3 Å². The molecule has 60 valence electrons. The molecule has 1 heterocycles. The lowest BCUT2D eigenvalue weighted by Crippen LogP contribution is -2.12. The van der Waals surface area contributed by atoms with Gasteiger partial charge in [-0.25, -0.2) is 0 Å². The minimum absolute atomic E-state index is 0.00805. The van der Waals surface area contributed by atoms with Crippen LogP contribution in [0.25, 0.3) is 0 Å². The van der Waals surface area contributed by atoms with E-state index in [1.54, 1.807) is 0 Å². The van der Waals surface area contributed by atoms with E-state index in [4.69, 9.17) is 14.6 Å². The molecular weight excluding hydrogens is 141 g/mol. The van der Waals surface area contributed by atoms with Crippen LogP contribution >= 0.6 is 0 Å². The lowest BCUT2D eigenvalue weighted by Gasteiger charge is -2.00. The van der Waals surface area contributed by atoms with Crippen LogP contribution in [0.2, 0.25) is 6.32 Å². The zero-order valence-electron chi connectivity index (χ0n) is 6.58. The Balaban J connectivity index is 1.90. The van der Waals surface area contributed by atoms with Gasteiger partial charge in [-0.3, -0.25) is 0 Å². The molecule has 0 aromatic carbocycles. The van der Waals surface area contributed by atoms with Crippen LogP contribution in [-0.2, 0) is 9.31 Å². The molecule has 1 saturated heterocycles. The zero-order valence-corrected chi connectivity index (χ0v) is 6.58. The molecule has 0 unspecified atom stereocenters. The van der Waals surface area contributed by atoms with Crippen molar-refractivity contribution in [2.24, 2.45) is 0 Å². The molecule has 0 amide bonds. The van der Waals surface area contributed by atoms with Gasteiger partial charge in [0.1, 0.15) is 0 Å². The minimum atomic E-state index is 0.00805. The largest absolute Gasteiger partial charge is 0.457 e. The number of rotatable bonds is 4. The van der Waals surface area contributed by atoms with E-state index in [0.717, 1.165) is 32.4 Å². The van der Waals surface area contributed by atoms with Gasteiger partial charge < -0.3 is 9.31 Å².